The van der Waals surface area contributed by atoms with E-state index in [1.807, 2.05) is 0 Å². The van der Waals surface area contributed by atoms with Crippen molar-refractivity contribution in [1.29, 1.82) is 0 Å². The second kappa shape index (κ2) is 7.52. The molecule has 1 aromatic heterocycles. The Morgan fingerprint density at radius 2 is 2.14 bits per heavy atom. The molecular formula is C13H21BrN2O3S2. The summed E-state index contributed by atoms with van der Waals surface area (Å²) in [5.74, 6) is 0.600. The molecule has 0 unspecified atom stereocenters. The van der Waals surface area contributed by atoms with E-state index in [0.717, 1.165) is 32.4 Å². The summed E-state index contributed by atoms with van der Waals surface area (Å²) in [4.78, 5) is 3.16. The number of nitrogens with zero attached hydrogens (tertiary/aromatic N) is 1. The molecular weight excluding hydrogens is 376 g/mol. The summed E-state index contributed by atoms with van der Waals surface area (Å²) >= 11 is 4.50. The number of nitrogens with one attached hydrogen (secondary N) is 1. The Balaban J connectivity index is 1.88. The van der Waals surface area contributed by atoms with E-state index in [9.17, 15) is 8.42 Å². The molecule has 0 bridgehead atoms. The molecule has 5 nitrogen and oxygen atoms in total. The van der Waals surface area contributed by atoms with Crippen molar-refractivity contribution in [3.63, 3.8) is 0 Å². The Labute approximate surface area is 138 Å². The van der Waals surface area contributed by atoms with E-state index < -0.39 is 10.0 Å². The molecule has 8 heteroatoms. The highest BCUT2D eigenvalue weighted by atomic mass is 79.9. The van der Waals surface area contributed by atoms with Crippen LogP contribution in [0.1, 0.15) is 24.1 Å². The molecule has 2 N–H and O–H groups in total. The summed E-state index contributed by atoms with van der Waals surface area (Å²) < 4.78 is 27.7. The molecule has 0 aromatic carbocycles. The van der Waals surface area contributed by atoms with Gasteiger partial charge in [-0.05, 0) is 67.3 Å². The van der Waals surface area contributed by atoms with Gasteiger partial charge in [-0.3, -0.25) is 0 Å². The van der Waals surface area contributed by atoms with Gasteiger partial charge in [0.25, 0.3) is 0 Å². The molecule has 1 aliphatic heterocycles. The number of hydrogen-bond donors (Lipinski definition) is 2. The second-order valence-corrected chi connectivity index (χ2v) is 9.63. The van der Waals surface area contributed by atoms with Crippen LogP contribution in [0.25, 0.3) is 0 Å². The van der Waals surface area contributed by atoms with Gasteiger partial charge in [0.15, 0.2) is 0 Å². The minimum atomic E-state index is -3.50. The van der Waals surface area contributed by atoms with Crippen LogP contribution in [-0.2, 0) is 16.6 Å². The minimum absolute atomic E-state index is 0.144. The van der Waals surface area contributed by atoms with Gasteiger partial charge >= 0.3 is 0 Å². The fourth-order valence-corrected chi connectivity index (χ4v) is 6.07. The van der Waals surface area contributed by atoms with Crippen molar-refractivity contribution in [3.05, 3.63) is 14.7 Å². The Kier molecular flexibility index (Phi) is 6.22. The largest absolute Gasteiger partial charge is 0.391 e. The third kappa shape index (κ3) is 4.74. The van der Waals surface area contributed by atoms with Crippen LogP contribution in [0, 0.1) is 5.92 Å². The topological polar surface area (TPSA) is 69.6 Å². The van der Waals surface area contributed by atoms with E-state index in [2.05, 4.69) is 32.6 Å². The Hall–Kier alpha value is 0.01000. The first-order chi connectivity index (χ1) is 9.92. The third-order valence-electron chi connectivity index (χ3n) is 3.83. The molecule has 1 saturated heterocycles. The van der Waals surface area contributed by atoms with Crippen LogP contribution in [0.2, 0.25) is 0 Å². The van der Waals surface area contributed by atoms with Crippen molar-refractivity contribution in [2.75, 3.05) is 26.7 Å². The lowest BCUT2D eigenvalue weighted by molar-refractivity contribution is 0.213. The summed E-state index contributed by atoms with van der Waals surface area (Å²) in [5, 5.41) is 9.08. The van der Waals surface area contributed by atoms with Gasteiger partial charge in [0, 0.05) is 11.4 Å². The highest BCUT2D eigenvalue weighted by Crippen LogP contribution is 2.31. The number of likely N-dealkylation sites (tertiary alicyclic amines) is 1. The quantitative estimate of drug-likeness (QED) is 0.771. The second-order valence-electron chi connectivity index (χ2n) is 5.44. The van der Waals surface area contributed by atoms with Crippen LogP contribution in [0.15, 0.2) is 14.7 Å². The predicted molar refractivity (Wildman–Crippen MR) is 88.0 cm³/mol. The average molecular weight is 397 g/mol. The van der Waals surface area contributed by atoms with Gasteiger partial charge in [0.05, 0.1) is 10.4 Å². The zero-order chi connectivity index (χ0) is 15.5. The number of sulfonamides is 1. The number of thiophene rings is 1. The molecule has 1 aliphatic rings. The molecule has 0 aliphatic carbocycles. The maximum Gasteiger partial charge on any atom is 0.242 e. The van der Waals surface area contributed by atoms with Gasteiger partial charge in [-0.25, -0.2) is 13.1 Å². The summed E-state index contributed by atoms with van der Waals surface area (Å²) in [5.41, 5.74) is 0. The molecule has 1 fully saturated rings. The van der Waals surface area contributed by atoms with E-state index in [4.69, 9.17) is 5.11 Å². The van der Waals surface area contributed by atoms with Crippen molar-refractivity contribution in [1.82, 2.24) is 9.62 Å². The summed E-state index contributed by atoms with van der Waals surface area (Å²) in [7, 11) is -1.38. The average Bonchev–Trinajstić information content (AvgIpc) is 2.83. The van der Waals surface area contributed by atoms with Crippen LogP contribution in [0.4, 0.5) is 0 Å². The number of aliphatic hydroxyl groups is 1. The summed E-state index contributed by atoms with van der Waals surface area (Å²) in [6, 6.07) is 1.52. The lowest BCUT2D eigenvalue weighted by Crippen LogP contribution is -2.32. The van der Waals surface area contributed by atoms with E-state index in [-0.39, 0.29) is 11.5 Å². The normalized spacial score (nSPS) is 18.2. The van der Waals surface area contributed by atoms with E-state index in [1.54, 1.807) is 0 Å². The molecule has 1 aromatic rings. The van der Waals surface area contributed by atoms with Gasteiger partial charge in [-0.15, -0.1) is 11.3 Å². The van der Waals surface area contributed by atoms with Crippen molar-refractivity contribution >= 4 is 37.3 Å². The Bertz CT molecular complexity index is 566. The number of aliphatic hydroxyl groups excluding tert-OH is 1. The number of hydrogen-bond acceptors (Lipinski definition) is 5. The third-order valence-corrected chi connectivity index (χ3v) is 7.53. The van der Waals surface area contributed by atoms with Crippen molar-refractivity contribution < 1.29 is 13.5 Å². The van der Waals surface area contributed by atoms with Crippen LogP contribution in [-0.4, -0.2) is 45.1 Å². The first-order valence-corrected chi connectivity index (χ1v) is 10.1. The lowest BCUT2D eigenvalue weighted by atomic mass is 9.94. The Morgan fingerprint density at radius 3 is 2.71 bits per heavy atom. The van der Waals surface area contributed by atoms with Crippen LogP contribution < -0.4 is 4.72 Å². The Morgan fingerprint density at radius 1 is 1.48 bits per heavy atom. The molecule has 120 valence electrons. The molecule has 0 saturated carbocycles. The minimum Gasteiger partial charge on any atom is -0.391 e. The van der Waals surface area contributed by atoms with Crippen LogP contribution in [0.3, 0.4) is 0 Å². The first-order valence-electron chi connectivity index (χ1n) is 6.99. The maximum atomic E-state index is 12.3. The zero-order valence-electron chi connectivity index (χ0n) is 12.0. The molecule has 21 heavy (non-hydrogen) atoms. The lowest BCUT2D eigenvalue weighted by Gasteiger charge is -2.28. The molecule has 2 rings (SSSR count). The van der Waals surface area contributed by atoms with Crippen LogP contribution >= 0.6 is 27.3 Å². The molecule has 0 amide bonds. The van der Waals surface area contributed by atoms with Gasteiger partial charge < -0.3 is 10.0 Å². The molecule has 2 heterocycles. The number of rotatable bonds is 6. The van der Waals surface area contributed by atoms with Crippen LogP contribution in [0.5, 0.6) is 0 Å². The molecule has 0 radical (unpaired) electrons. The van der Waals surface area contributed by atoms with Gasteiger partial charge in [-0.2, -0.15) is 0 Å². The molecule has 0 atom stereocenters. The monoisotopic (exact) mass is 396 g/mol. The van der Waals surface area contributed by atoms with Crippen molar-refractivity contribution in [2.45, 2.75) is 30.8 Å². The summed E-state index contributed by atoms with van der Waals surface area (Å²) in [6.45, 7) is 2.50. The SMILES string of the molecule is CN1CCC(CCNS(=O)(=O)c2cc(CO)sc2Br)CC1. The standard InChI is InChI=1S/C13H21BrN2O3S2/c1-16-6-3-10(4-7-16)2-5-15-21(18,19)12-8-11(9-17)20-13(12)14/h8,10,15,17H,2-7,9H2,1H3. The smallest absolute Gasteiger partial charge is 0.242 e. The van der Waals surface area contributed by atoms with Crippen molar-refractivity contribution in [3.8, 4) is 0 Å². The van der Waals surface area contributed by atoms with E-state index in [0.29, 0.717) is 21.1 Å². The fraction of sp³-hybridized carbons (Fsp3) is 0.692. The maximum absolute atomic E-state index is 12.3. The molecule has 0 spiro atoms. The fourth-order valence-electron chi connectivity index (χ4n) is 2.48. The van der Waals surface area contributed by atoms with E-state index >= 15 is 0 Å². The van der Waals surface area contributed by atoms with E-state index in [1.165, 1.54) is 17.4 Å². The van der Waals surface area contributed by atoms with Crippen molar-refractivity contribution in [2.24, 2.45) is 5.92 Å². The summed E-state index contributed by atoms with van der Waals surface area (Å²) in [6.07, 6.45) is 3.14. The van der Waals surface area contributed by atoms with Gasteiger partial charge in [0.1, 0.15) is 4.90 Å². The number of piperidine rings is 1. The van der Waals surface area contributed by atoms with Gasteiger partial charge in [0.2, 0.25) is 10.0 Å². The zero-order valence-corrected chi connectivity index (χ0v) is 15.2. The highest BCUT2D eigenvalue weighted by molar-refractivity contribution is 9.11. The van der Waals surface area contributed by atoms with Gasteiger partial charge in [-0.1, -0.05) is 0 Å². The predicted octanol–water partition coefficient (Wildman–Crippen LogP) is 2.01. The highest BCUT2D eigenvalue weighted by Gasteiger charge is 2.22. The number of halogens is 1. The first kappa shape index (κ1) is 17.4.